The van der Waals surface area contributed by atoms with Gasteiger partial charge < -0.3 is 9.32 Å². The van der Waals surface area contributed by atoms with Crippen molar-refractivity contribution in [3.8, 4) is 10.8 Å². The molecule has 134 valence electrons. The van der Waals surface area contributed by atoms with Crippen LogP contribution in [0.2, 0.25) is 0 Å². The summed E-state index contributed by atoms with van der Waals surface area (Å²) >= 11 is 1.59. The molecule has 1 aliphatic carbocycles. The second-order valence-electron chi connectivity index (χ2n) is 6.79. The first-order valence-electron chi connectivity index (χ1n) is 8.97. The fourth-order valence-electron chi connectivity index (χ4n) is 3.67. The topological polar surface area (TPSA) is 46.3 Å². The third-order valence-electron chi connectivity index (χ3n) is 5.14. The van der Waals surface area contributed by atoms with Crippen LogP contribution in [0.3, 0.4) is 0 Å². The van der Waals surface area contributed by atoms with Gasteiger partial charge in [-0.3, -0.25) is 4.79 Å². The molecule has 26 heavy (non-hydrogen) atoms. The standard InChI is InChI=1S/C21H22N2O2S/c1-14-17(22-21(25-14)19-11-6-12-26-19)13-20(24)23(2)18-10-5-8-15-7-3-4-9-16(15)18/h3-4,6-7,9,11-12,18H,5,8,10,13H2,1-2H3. The fourth-order valence-corrected chi connectivity index (χ4v) is 4.32. The van der Waals surface area contributed by atoms with E-state index in [9.17, 15) is 4.79 Å². The minimum absolute atomic E-state index is 0.0841. The quantitative estimate of drug-likeness (QED) is 0.667. The molecular formula is C21H22N2O2S. The monoisotopic (exact) mass is 366 g/mol. The Morgan fingerprint density at radius 2 is 2.15 bits per heavy atom. The van der Waals surface area contributed by atoms with Crippen LogP contribution in [0.15, 0.2) is 46.2 Å². The molecule has 0 saturated carbocycles. The Morgan fingerprint density at radius 1 is 1.31 bits per heavy atom. The number of benzene rings is 1. The molecule has 1 unspecified atom stereocenters. The lowest BCUT2D eigenvalue weighted by atomic mass is 9.87. The number of amides is 1. The molecule has 0 bridgehead atoms. The highest BCUT2D eigenvalue weighted by atomic mass is 32.1. The number of nitrogens with zero attached hydrogens (tertiary/aromatic N) is 2. The normalized spacial score (nSPS) is 16.3. The summed E-state index contributed by atoms with van der Waals surface area (Å²) in [6.45, 7) is 1.88. The molecule has 4 nitrogen and oxygen atoms in total. The Kier molecular flexibility index (Phi) is 4.64. The molecule has 3 aromatic rings. The number of aryl methyl sites for hydroxylation is 2. The van der Waals surface area contributed by atoms with Crippen LogP contribution < -0.4 is 0 Å². The van der Waals surface area contributed by atoms with Gasteiger partial charge in [-0.15, -0.1) is 11.3 Å². The van der Waals surface area contributed by atoms with Gasteiger partial charge in [-0.25, -0.2) is 4.98 Å². The minimum Gasteiger partial charge on any atom is -0.440 e. The van der Waals surface area contributed by atoms with Gasteiger partial charge in [-0.1, -0.05) is 30.3 Å². The summed E-state index contributed by atoms with van der Waals surface area (Å²) in [5.41, 5.74) is 3.38. The summed E-state index contributed by atoms with van der Waals surface area (Å²) in [7, 11) is 1.91. The third kappa shape index (κ3) is 3.19. The number of thiophene rings is 1. The molecule has 0 N–H and O–H groups in total. The average Bonchev–Trinajstić information content (AvgIpc) is 3.31. The smallest absolute Gasteiger partial charge is 0.236 e. The van der Waals surface area contributed by atoms with E-state index in [0.29, 0.717) is 5.89 Å². The van der Waals surface area contributed by atoms with E-state index in [4.69, 9.17) is 4.42 Å². The van der Waals surface area contributed by atoms with Crippen LogP contribution in [-0.2, 0) is 17.6 Å². The van der Waals surface area contributed by atoms with Gasteiger partial charge in [0.2, 0.25) is 11.8 Å². The number of fused-ring (bicyclic) bond motifs is 1. The molecule has 1 amide bonds. The number of likely N-dealkylation sites (N-methyl/N-ethyl adjacent to an activating group) is 1. The van der Waals surface area contributed by atoms with E-state index in [1.807, 2.05) is 36.4 Å². The highest BCUT2D eigenvalue weighted by Crippen LogP contribution is 2.34. The summed E-state index contributed by atoms with van der Waals surface area (Å²) in [4.78, 5) is 20.3. The van der Waals surface area contributed by atoms with Crippen LogP contribution in [-0.4, -0.2) is 22.8 Å². The molecule has 0 aliphatic heterocycles. The molecule has 2 heterocycles. The Bertz CT molecular complexity index is 914. The third-order valence-corrected chi connectivity index (χ3v) is 6.00. The largest absolute Gasteiger partial charge is 0.440 e. The molecule has 1 aliphatic rings. The van der Waals surface area contributed by atoms with Crippen molar-refractivity contribution in [2.45, 2.75) is 38.6 Å². The van der Waals surface area contributed by atoms with Gasteiger partial charge in [0.15, 0.2) is 0 Å². The van der Waals surface area contributed by atoms with Crippen molar-refractivity contribution in [1.82, 2.24) is 9.88 Å². The van der Waals surface area contributed by atoms with Crippen molar-refractivity contribution >= 4 is 17.2 Å². The Morgan fingerprint density at radius 3 is 2.96 bits per heavy atom. The van der Waals surface area contributed by atoms with Crippen LogP contribution in [0.4, 0.5) is 0 Å². The maximum absolute atomic E-state index is 12.9. The van der Waals surface area contributed by atoms with E-state index < -0.39 is 0 Å². The SMILES string of the molecule is Cc1oc(-c2cccs2)nc1CC(=O)N(C)C1CCCc2ccccc21. The molecular weight excluding hydrogens is 344 g/mol. The zero-order valence-corrected chi connectivity index (χ0v) is 15.9. The number of hydrogen-bond acceptors (Lipinski definition) is 4. The van der Waals surface area contributed by atoms with Crippen LogP contribution in [0.5, 0.6) is 0 Å². The van der Waals surface area contributed by atoms with E-state index in [-0.39, 0.29) is 18.4 Å². The molecule has 0 spiro atoms. The number of aromatic nitrogens is 1. The van der Waals surface area contributed by atoms with E-state index in [1.165, 1.54) is 11.1 Å². The Hall–Kier alpha value is -2.40. The lowest BCUT2D eigenvalue weighted by Crippen LogP contribution is -2.34. The molecule has 1 aromatic carbocycles. The van der Waals surface area contributed by atoms with Crippen LogP contribution in [0, 0.1) is 6.92 Å². The van der Waals surface area contributed by atoms with Crippen molar-refractivity contribution in [2.75, 3.05) is 7.05 Å². The molecule has 5 heteroatoms. The van der Waals surface area contributed by atoms with E-state index in [0.717, 1.165) is 35.6 Å². The van der Waals surface area contributed by atoms with Crippen LogP contribution >= 0.6 is 11.3 Å². The van der Waals surface area contributed by atoms with Gasteiger partial charge >= 0.3 is 0 Å². The Balaban J connectivity index is 1.52. The van der Waals surface area contributed by atoms with Crippen molar-refractivity contribution in [2.24, 2.45) is 0 Å². The number of rotatable bonds is 4. The van der Waals surface area contributed by atoms with Crippen molar-refractivity contribution in [1.29, 1.82) is 0 Å². The molecule has 0 saturated heterocycles. The fraction of sp³-hybridized carbons (Fsp3) is 0.333. The van der Waals surface area contributed by atoms with Gasteiger partial charge in [0.05, 0.1) is 23.0 Å². The van der Waals surface area contributed by atoms with Crippen LogP contribution in [0.1, 0.15) is 41.5 Å². The maximum Gasteiger partial charge on any atom is 0.236 e. The minimum atomic E-state index is 0.0841. The molecule has 0 radical (unpaired) electrons. The van der Waals surface area contributed by atoms with Crippen molar-refractivity contribution < 1.29 is 9.21 Å². The van der Waals surface area contributed by atoms with E-state index >= 15 is 0 Å². The lowest BCUT2D eigenvalue weighted by Gasteiger charge is -2.33. The van der Waals surface area contributed by atoms with E-state index in [1.54, 1.807) is 11.3 Å². The summed E-state index contributed by atoms with van der Waals surface area (Å²) in [6.07, 6.45) is 3.50. The molecule has 4 rings (SSSR count). The summed E-state index contributed by atoms with van der Waals surface area (Å²) in [6, 6.07) is 12.6. The number of carbonyl (C=O) groups excluding carboxylic acids is 1. The molecule has 2 aromatic heterocycles. The van der Waals surface area contributed by atoms with Gasteiger partial charge in [-0.05, 0) is 48.8 Å². The zero-order chi connectivity index (χ0) is 18.1. The van der Waals surface area contributed by atoms with Gasteiger partial charge in [0, 0.05) is 7.05 Å². The molecule has 1 atom stereocenters. The average molecular weight is 366 g/mol. The summed E-state index contributed by atoms with van der Waals surface area (Å²) in [5.74, 6) is 1.41. The summed E-state index contributed by atoms with van der Waals surface area (Å²) < 4.78 is 5.77. The first kappa shape index (κ1) is 17.0. The second kappa shape index (κ2) is 7.08. The second-order valence-corrected chi connectivity index (χ2v) is 7.74. The summed E-state index contributed by atoms with van der Waals surface area (Å²) in [5, 5.41) is 1.99. The van der Waals surface area contributed by atoms with Gasteiger partial charge in [0.1, 0.15) is 5.76 Å². The Labute approximate surface area is 157 Å². The molecule has 0 fully saturated rings. The highest BCUT2D eigenvalue weighted by Gasteiger charge is 2.27. The maximum atomic E-state index is 12.9. The first-order valence-corrected chi connectivity index (χ1v) is 9.85. The van der Waals surface area contributed by atoms with Crippen LogP contribution in [0.25, 0.3) is 10.8 Å². The number of oxazole rings is 1. The van der Waals surface area contributed by atoms with E-state index in [2.05, 4.69) is 29.2 Å². The van der Waals surface area contributed by atoms with Gasteiger partial charge in [-0.2, -0.15) is 0 Å². The highest BCUT2D eigenvalue weighted by molar-refractivity contribution is 7.13. The van der Waals surface area contributed by atoms with Crippen molar-refractivity contribution in [3.05, 3.63) is 64.4 Å². The first-order chi connectivity index (χ1) is 12.6. The lowest BCUT2D eigenvalue weighted by molar-refractivity contribution is -0.131. The van der Waals surface area contributed by atoms with Crippen molar-refractivity contribution in [3.63, 3.8) is 0 Å². The van der Waals surface area contributed by atoms with Gasteiger partial charge in [0.25, 0.3) is 0 Å². The predicted octanol–water partition coefficient (Wildman–Crippen LogP) is 4.79. The zero-order valence-electron chi connectivity index (χ0n) is 15.1. The number of hydrogen-bond donors (Lipinski definition) is 0. The number of carbonyl (C=O) groups is 1. The predicted molar refractivity (Wildman–Crippen MR) is 103 cm³/mol.